The number of aromatic nitrogens is 3. The molecule has 1 saturated carbocycles. The molecule has 3 rings (SSSR count). The summed E-state index contributed by atoms with van der Waals surface area (Å²) in [6.45, 7) is 3.31. The van der Waals surface area contributed by atoms with Crippen LogP contribution < -0.4 is 11.1 Å². The molecule has 0 spiro atoms. The van der Waals surface area contributed by atoms with E-state index in [0.717, 1.165) is 29.8 Å². The molecule has 3 N–H and O–H groups in total. The Balaban J connectivity index is 1.61. The molecule has 2 atom stereocenters. The van der Waals surface area contributed by atoms with Gasteiger partial charge >= 0.3 is 0 Å². The summed E-state index contributed by atoms with van der Waals surface area (Å²) in [6.07, 6.45) is 12.2. The third kappa shape index (κ3) is 2.86. The van der Waals surface area contributed by atoms with Crippen LogP contribution in [-0.4, -0.2) is 20.9 Å². The minimum absolute atomic E-state index is 0.518. The molecule has 0 aliphatic heterocycles. The van der Waals surface area contributed by atoms with Crippen LogP contribution in [0, 0.1) is 11.8 Å². The number of rotatable bonds is 4. The fraction of sp³-hybridized carbons (Fsp3) is 0.600. The van der Waals surface area contributed by atoms with Gasteiger partial charge in [-0.2, -0.15) is 0 Å². The summed E-state index contributed by atoms with van der Waals surface area (Å²) in [5.74, 6) is 3.05. The minimum Gasteiger partial charge on any atom is -0.382 e. The van der Waals surface area contributed by atoms with Crippen LogP contribution >= 0.6 is 0 Å². The smallest absolute Gasteiger partial charge is 0.180 e. The van der Waals surface area contributed by atoms with E-state index in [1.165, 1.54) is 32.1 Å². The van der Waals surface area contributed by atoms with Crippen molar-refractivity contribution < 1.29 is 0 Å². The number of nitrogens with zero attached hydrogens (tertiary/aromatic N) is 3. The van der Waals surface area contributed by atoms with Crippen LogP contribution in [0.15, 0.2) is 18.6 Å². The second-order valence-corrected chi connectivity index (χ2v) is 6.03. The van der Waals surface area contributed by atoms with Crippen molar-refractivity contribution in [3.05, 3.63) is 18.6 Å². The molecular weight excluding hydrogens is 250 g/mol. The Morgan fingerprint density at radius 3 is 3.20 bits per heavy atom. The van der Waals surface area contributed by atoms with Crippen molar-refractivity contribution in [3.8, 4) is 0 Å². The quantitative estimate of drug-likeness (QED) is 0.898. The van der Waals surface area contributed by atoms with Crippen LogP contribution in [0.5, 0.6) is 0 Å². The first kappa shape index (κ1) is 13.2. The van der Waals surface area contributed by atoms with Crippen LogP contribution in [0.4, 0.5) is 11.6 Å². The summed E-state index contributed by atoms with van der Waals surface area (Å²) < 4.78 is 1.91. The monoisotopic (exact) mass is 273 g/mol. The molecule has 5 heteroatoms. The lowest BCUT2D eigenvalue weighted by molar-refractivity contribution is 0.274. The number of fused-ring (bicyclic) bond motifs is 1. The van der Waals surface area contributed by atoms with Crippen molar-refractivity contribution in [3.63, 3.8) is 0 Å². The molecule has 1 aliphatic rings. The molecule has 20 heavy (non-hydrogen) atoms. The highest BCUT2D eigenvalue weighted by Crippen LogP contribution is 2.30. The summed E-state index contributed by atoms with van der Waals surface area (Å²) in [7, 11) is 0. The molecule has 0 amide bonds. The number of hydrogen-bond acceptors (Lipinski definition) is 4. The van der Waals surface area contributed by atoms with Crippen molar-refractivity contribution in [2.24, 2.45) is 11.8 Å². The molecule has 0 aromatic carbocycles. The Kier molecular flexibility index (Phi) is 3.76. The third-order valence-corrected chi connectivity index (χ3v) is 4.28. The van der Waals surface area contributed by atoms with E-state index in [1.54, 1.807) is 12.4 Å². The van der Waals surface area contributed by atoms with E-state index >= 15 is 0 Å². The summed E-state index contributed by atoms with van der Waals surface area (Å²) >= 11 is 0. The summed E-state index contributed by atoms with van der Waals surface area (Å²) in [5, 5.41) is 3.40. The second-order valence-electron chi connectivity index (χ2n) is 6.03. The Morgan fingerprint density at radius 2 is 2.35 bits per heavy atom. The second kappa shape index (κ2) is 5.69. The van der Waals surface area contributed by atoms with Crippen LogP contribution in [0.2, 0.25) is 0 Å². The number of nitrogens with two attached hydrogens (primary N) is 1. The SMILES string of the molecule is CC1CCCC(CCNc2nc(N)cn3ccnc23)C1. The first-order valence-corrected chi connectivity index (χ1v) is 7.55. The molecule has 0 bridgehead atoms. The molecule has 2 aromatic rings. The zero-order valence-electron chi connectivity index (χ0n) is 12.0. The van der Waals surface area contributed by atoms with Gasteiger partial charge in [0.2, 0.25) is 0 Å². The number of hydrogen-bond donors (Lipinski definition) is 2. The van der Waals surface area contributed by atoms with Gasteiger partial charge in [0.1, 0.15) is 5.82 Å². The average Bonchev–Trinajstić information content (AvgIpc) is 2.87. The fourth-order valence-corrected chi connectivity index (χ4v) is 3.29. The van der Waals surface area contributed by atoms with Crippen molar-refractivity contribution in [2.45, 2.75) is 39.0 Å². The Labute approximate surface area is 119 Å². The van der Waals surface area contributed by atoms with Crippen LogP contribution in [0.1, 0.15) is 39.0 Å². The molecule has 1 aliphatic carbocycles. The standard InChI is InChI=1S/C15H23N5/c1-11-3-2-4-12(9-11)5-6-17-14-15-18-7-8-20(15)10-13(16)19-14/h7-8,10-12H,2-6,9,16H2,1H3,(H,17,19). The zero-order chi connectivity index (χ0) is 13.9. The van der Waals surface area contributed by atoms with Crippen molar-refractivity contribution >= 4 is 17.3 Å². The average molecular weight is 273 g/mol. The van der Waals surface area contributed by atoms with Crippen LogP contribution in [-0.2, 0) is 0 Å². The molecule has 0 saturated heterocycles. The third-order valence-electron chi connectivity index (χ3n) is 4.28. The van der Waals surface area contributed by atoms with Crippen molar-refractivity contribution in [1.29, 1.82) is 0 Å². The maximum atomic E-state index is 5.82. The molecule has 5 nitrogen and oxygen atoms in total. The largest absolute Gasteiger partial charge is 0.382 e. The lowest BCUT2D eigenvalue weighted by atomic mass is 9.81. The van der Waals surface area contributed by atoms with Gasteiger partial charge in [0.25, 0.3) is 0 Å². The van der Waals surface area contributed by atoms with Crippen LogP contribution in [0.25, 0.3) is 5.65 Å². The molecule has 2 heterocycles. The molecule has 1 fully saturated rings. The van der Waals surface area contributed by atoms with Gasteiger partial charge in [0, 0.05) is 18.9 Å². The van der Waals surface area contributed by atoms with E-state index in [4.69, 9.17) is 5.73 Å². The van der Waals surface area contributed by atoms with Gasteiger partial charge in [-0.1, -0.05) is 26.2 Å². The highest BCUT2D eigenvalue weighted by Gasteiger charge is 2.18. The minimum atomic E-state index is 0.518. The zero-order valence-corrected chi connectivity index (χ0v) is 12.0. The maximum Gasteiger partial charge on any atom is 0.180 e. The maximum absolute atomic E-state index is 5.82. The first-order valence-electron chi connectivity index (χ1n) is 7.55. The number of imidazole rings is 1. The van der Waals surface area contributed by atoms with Crippen molar-refractivity contribution in [1.82, 2.24) is 14.4 Å². The highest BCUT2D eigenvalue weighted by atomic mass is 15.1. The Hall–Kier alpha value is -1.78. The Morgan fingerprint density at radius 1 is 1.45 bits per heavy atom. The van der Waals surface area contributed by atoms with E-state index in [-0.39, 0.29) is 0 Å². The predicted molar refractivity (Wildman–Crippen MR) is 81.6 cm³/mol. The topological polar surface area (TPSA) is 68.2 Å². The van der Waals surface area contributed by atoms with E-state index < -0.39 is 0 Å². The van der Waals surface area contributed by atoms with Crippen LogP contribution in [0.3, 0.4) is 0 Å². The predicted octanol–water partition coefficient (Wildman–Crippen LogP) is 2.94. The van der Waals surface area contributed by atoms with E-state index in [0.29, 0.717) is 5.82 Å². The van der Waals surface area contributed by atoms with Gasteiger partial charge in [-0.05, 0) is 24.7 Å². The first-order chi connectivity index (χ1) is 9.72. The van der Waals surface area contributed by atoms with Gasteiger partial charge in [-0.15, -0.1) is 0 Å². The van der Waals surface area contributed by atoms with Crippen molar-refractivity contribution in [2.75, 3.05) is 17.6 Å². The van der Waals surface area contributed by atoms with E-state index in [9.17, 15) is 0 Å². The van der Waals surface area contributed by atoms with Gasteiger partial charge in [-0.25, -0.2) is 9.97 Å². The normalized spacial score (nSPS) is 23.1. The van der Waals surface area contributed by atoms with Gasteiger partial charge in [0.15, 0.2) is 11.5 Å². The Bertz CT molecular complexity index is 577. The molecule has 2 unspecified atom stereocenters. The van der Waals surface area contributed by atoms with Gasteiger partial charge < -0.3 is 15.5 Å². The molecular formula is C15H23N5. The van der Waals surface area contributed by atoms with Gasteiger partial charge in [-0.3, -0.25) is 0 Å². The molecule has 2 aromatic heterocycles. The summed E-state index contributed by atoms with van der Waals surface area (Å²) in [6, 6.07) is 0. The van der Waals surface area contributed by atoms with E-state index in [2.05, 4.69) is 22.2 Å². The lowest BCUT2D eigenvalue weighted by Crippen LogP contribution is -2.17. The highest BCUT2D eigenvalue weighted by molar-refractivity contribution is 5.64. The van der Waals surface area contributed by atoms with E-state index in [1.807, 2.05) is 10.6 Å². The molecule has 0 radical (unpaired) electrons. The lowest BCUT2D eigenvalue weighted by Gasteiger charge is -2.26. The number of nitrogens with one attached hydrogen (secondary N) is 1. The molecule has 108 valence electrons. The number of anilines is 2. The van der Waals surface area contributed by atoms with Gasteiger partial charge in [0.05, 0.1) is 6.20 Å². The number of nitrogen functional groups attached to an aromatic ring is 1. The summed E-state index contributed by atoms with van der Waals surface area (Å²) in [5.41, 5.74) is 6.66. The summed E-state index contributed by atoms with van der Waals surface area (Å²) in [4.78, 5) is 8.67. The fourth-order valence-electron chi connectivity index (χ4n) is 3.29.